The van der Waals surface area contributed by atoms with Crippen molar-refractivity contribution < 1.29 is 0 Å². The second-order valence-electron chi connectivity index (χ2n) is 4.24. The van der Waals surface area contributed by atoms with Gasteiger partial charge in [-0.15, -0.1) is 11.3 Å². The molecule has 1 N–H and O–H groups in total. The van der Waals surface area contributed by atoms with Crippen molar-refractivity contribution >= 4 is 22.9 Å². The highest BCUT2D eigenvalue weighted by Crippen LogP contribution is 2.39. The third-order valence-corrected chi connectivity index (χ3v) is 4.34. The molecule has 3 rings (SSSR count). The van der Waals surface area contributed by atoms with E-state index in [-0.39, 0.29) is 0 Å². The zero-order valence-corrected chi connectivity index (χ0v) is 11.1. The second kappa shape index (κ2) is 4.40. The van der Waals surface area contributed by atoms with Crippen LogP contribution in [0.15, 0.2) is 12.4 Å². The van der Waals surface area contributed by atoms with E-state index >= 15 is 0 Å². The summed E-state index contributed by atoms with van der Waals surface area (Å²) >= 11 is 7.72. The van der Waals surface area contributed by atoms with Crippen LogP contribution >= 0.6 is 22.9 Å². The summed E-state index contributed by atoms with van der Waals surface area (Å²) in [7, 11) is 1.88. The normalized spacial score (nSPS) is 18.6. The maximum absolute atomic E-state index is 6.03. The first kappa shape index (κ1) is 11.2. The van der Waals surface area contributed by atoms with Gasteiger partial charge in [0.15, 0.2) is 5.82 Å². The standard InChI is InChI=1S/C11H13ClN4S/c1-16-6-14-11(15-16)5-13-8-2-3-9-7(8)4-10(12)17-9/h4,6,8,13H,2-3,5H2,1H3. The largest absolute Gasteiger partial charge is 0.303 e. The number of fused-ring (bicyclic) bond motifs is 1. The summed E-state index contributed by atoms with van der Waals surface area (Å²) in [4.78, 5) is 5.62. The summed E-state index contributed by atoms with van der Waals surface area (Å²) < 4.78 is 2.61. The van der Waals surface area contributed by atoms with E-state index in [1.807, 2.05) is 7.05 Å². The van der Waals surface area contributed by atoms with Gasteiger partial charge in [-0.05, 0) is 24.5 Å². The van der Waals surface area contributed by atoms with Crippen molar-refractivity contribution in [2.75, 3.05) is 0 Å². The molecule has 4 nitrogen and oxygen atoms in total. The molecule has 1 aliphatic rings. The lowest BCUT2D eigenvalue weighted by atomic mass is 10.2. The third-order valence-electron chi connectivity index (χ3n) is 3.00. The van der Waals surface area contributed by atoms with Gasteiger partial charge in [0.2, 0.25) is 0 Å². The Morgan fingerprint density at radius 1 is 1.65 bits per heavy atom. The number of hydrogen-bond acceptors (Lipinski definition) is 4. The molecule has 17 heavy (non-hydrogen) atoms. The van der Waals surface area contributed by atoms with E-state index in [4.69, 9.17) is 11.6 Å². The summed E-state index contributed by atoms with van der Waals surface area (Å²) in [5.74, 6) is 0.835. The zero-order valence-electron chi connectivity index (χ0n) is 9.48. The molecule has 0 saturated carbocycles. The van der Waals surface area contributed by atoms with Crippen molar-refractivity contribution in [1.82, 2.24) is 20.1 Å². The molecule has 1 unspecified atom stereocenters. The van der Waals surface area contributed by atoms with E-state index in [0.717, 1.165) is 23.0 Å². The van der Waals surface area contributed by atoms with Crippen molar-refractivity contribution in [2.24, 2.45) is 7.05 Å². The molecule has 6 heteroatoms. The molecule has 90 valence electrons. The highest BCUT2D eigenvalue weighted by molar-refractivity contribution is 7.16. The number of rotatable bonds is 3. The quantitative estimate of drug-likeness (QED) is 0.929. The number of aromatic nitrogens is 3. The molecule has 2 heterocycles. The van der Waals surface area contributed by atoms with E-state index in [2.05, 4.69) is 21.5 Å². The molecule has 0 spiro atoms. The minimum Gasteiger partial charge on any atom is -0.303 e. The van der Waals surface area contributed by atoms with Crippen LogP contribution in [0.5, 0.6) is 0 Å². The molecule has 0 aliphatic heterocycles. The number of hydrogen-bond donors (Lipinski definition) is 1. The van der Waals surface area contributed by atoms with Crippen molar-refractivity contribution in [3.05, 3.63) is 33.0 Å². The smallest absolute Gasteiger partial charge is 0.164 e. The number of nitrogens with one attached hydrogen (secondary N) is 1. The van der Waals surface area contributed by atoms with Gasteiger partial charge in [0.25, 0.3) is 0 Å². The highest BCUT2D eigenvalue weighted by Gasteiger charge is 2.24. The molecule has 0 amide bonds. The molecular weight excluding hydrogens is 256 g/mol. The molecule has 0 saturated heterocycles. The van der Waals surface area contributed by atoms with Crippen molar-refractivity contribution in [1.29, 1.82) is 0 Å². The average Bonchev–Trinajstić information content (AvgIpc) is 2.92. The van der Waals surface area contributed by atoms with Crippen molar-refractivity contribution in [3.8, 4) is 0 Å². The molecule has 0 aromatic carbocycles. The minimum atomic E-state index is 0.401. The Kier molecular flexibility index (Phi) is 2.90. The molecule has 2 aromatic heterocycles. The van der Waals surface area contributed by atoms with Crippen LogP contribution in [0.25, 0.3) is 0 Å². The Labute approximate surface area is 109 Å². The average molecular weight is 269 g/mol. The van der Waals surface area contributed by atoms with Crippen LogP contribution in [0, 0.1) is 0 Å². The van der Waals surface area contributed by atoms with Gasteiger partial charge in [0.1, 0.15) is 6.33 Å². The predicted molar refractivity (Wildman–Crippen MR) is 68.2 cm³/mol. The van der Waals surface area contributed by atoms with Crippen molar-refractivity contribution in [3.63, 3.8) is 0 Å². The minimum absolute atomic E-state index is 0.401. The van der Waals surface area contributed by atoms with Crippen LogP contribution in [0.1, 0.15) is 28.7 Å². The van der Waals surface area contributed by atoms with Gasteiger partial charge in [-0.1, -0.05) is 11.6 Å². The Bertz CT molecular complexity index is 533. The van der Waals surface area contributed by atoms with Gasteiger partial charge in [-0.3, -0.25) is 4.68 Å². The Balaban J connectivity index is 1.67. The van der Waals surface area contributed by atoms with E-state index in [1.54, 1.807) is 22.3 Å². The highest BCUT2D eigenvalue weighted by atomic mass is 35.5. The summed E-state index contributed by atoms with van der Waals surface area (Å²) in [6.07, 6.45) is 3.99. The first-order chi connectivity index (χ1) is 8.22. The molecular formula is C11H13ClN4S. The lowest BCUT2D eigenvalue weighted by Gasteiger charge is -2.10. The summed E-state index contributed by atoms with van der Waals surface area (Å²) in [6.45, 7) is 0.707. The van der Waals surface area contributed by atoms with Crippen LogP contribution in [-0.4, -0.2) is 14.8 Å². The predicted octanol–water partition coefficient (Wildman–Crippen LogP) is 2.31. The Hall–Kier alpha value is -0.910. The van der Waals surface area contributed by atoms with Gasteiger partial charge >= 0.3 is 0 Å². The SMILES string of the molecule is Cn1cnc(CNC2CCc3sc(Cl)cc32)n1. The number of nitrogens with zero attached hydrogens (tertiary/aromatic N) is 3. The molecule has 2 aromatic rings. The maximum atomic E-state index is 6.03. The van der Waals surface area contributed by atoms with Gasteiger partial charge < -0.3 is 5.32 Å². The Morgan fingerprint density at radius 2 is 2.53 bits per heavy atom. The number of aryl methyl sites for hydroxylation is 2. The van der Waals surface area contributed by atoms with E-state index in [9.17, 15) is 0 Å². The van der Waals surface area contributed by atoms with Crippen LogP contribution in [-0.2, 0) is 20.0 Å². The van der Waals surface area contributed by atoms with E-state index in [0.29, 0.717) is 12.6 Å². The molecule has 1 aliphatic carbocycles. The molecule has 0 bridgehead atoms. The van der Waals surface area contributed by atoms with E-state index < -0.39 is 0 Å². The van der Waals surface area contributed by atoms with Crippen LogP contribution in [0.2, 0.25) is 4.34 Å². The van der Waals surface area contributed by atoms with Crippen molar-refractivity contribution in [2.45, 2.75) is 25.4 Å². The van der Waals surface area contributed by atoms with Gasteiger partial charge in [-0.2, -0.15) is 5.10 Å². The monoisotopic (exact) mass is 268 g/mol. The fraction of sp³-hybridized carbons (Fsp3) is 0.455. The third kappa shape index (κ3) is 2.22. The van der Waals surface area contributed by atoms with Gasteiger partial charge in [0, 0.05) is 18.0 Å². The van der Waals surface area contributed by atoms with Crippen LogP contribution in [0.4, 0.5) is 0 Å². The summed E-state index contributed by atoms with van der Waals surface area (Å²) in [5.41, 5.74) is 1.36. The number of halogens is 1. The number of thiophene rings is 1. The lowest BCUT2D eigenvalue weighted by Crippen LogP contribution is -2.19. The van der Waals surface area contributed by atoms with Crippen LogP contribution < -0.4 is 5.32 Å². The van der Waals surface area contributed by atoms with Gasteiger partial charge in [-0.25, -0.2) is 4.98 Å². The van der Waals surface area contributed by atoms with E-state index in [1.165, 1.54) is 10.4 Å². The fourth-order valence-electron chi connectivity index (χ4n) is 2.22. The summed E-state index contributed by atoms with van der Waals surface area (Å²) in [6, 6.07) is 2.48. The maximum Gasteiger partial charge on any atom is 0.164 e. The summed E-state index contributed by atoms with van der Waals surface area (Å²) in [5, 5.41) is 7.74. The van der Waals surface area contributed by atoms with Gasteiger partial charge in [0.05, 0.1) is 10.9 Å². The molecule has 0 fully saturated rings. The molecule has 0 radical (unpaired) electrons. The topological polar surface area (TPSA) is 42.7 Å². The fourth-order valence-corrected chi connectivity index (χ4v) is 3.58. The van der Waals surface area contributed by atoms with Crippen LogP contribution in [0.3, 0.4) is 0 Å². The first-order valence-electron chi connectivity index (χ1n) is 5.58. The second-order valence-corrected chi connectivity index (χ2v) is 6.00. The lowest BCUT2D eigenvalue weighted by molar-refractivity contribution is 0.517. The Morgan fingerprint density at radius 3 is 3.29 bits per heavy atom. The first-order valence-corrected chi connectivity index (χ1v) is 6.78. The zero-order chi connectivity index (χ0) is 11.8. The molecule has 1 atom stereocenters.